The normalized spacial score (nSPS) is 5.40. The fourth-order valence-corrected chi connectivity index (χ4v) is 0. The van der Waals surface area contributed by atoms with E-state index >= 15 is 0 Å². The molecule has 0 radical (unpaired) electrons. The van der Waals surface area contributed by atoms with Crippen LogP contribution in [0.2, 0.25) is 0 Å². The smallest absolute Gasteiger partial charge is 1.00 e. The molecule has 0 amide bonds. The predicted octanol–water partition coefficient (Wildman–Crippen LogP) is 0.724. The molecular weight excluding hydrogens is 155 g/mol. The molecule has 0 aromatic rings. The molecule has 0 saturated heterocycles. The summed E-state index contributed by atoms with van der Waals surface area (Å²) in [5.74, 6) is 0. The van der Waals surface area contributed by atoms with Crippen LogP contribution in [-0.2, 0) is 0 Å². The first-order valence-electron chi connectivity index (χ1n) is 0.655. The fourth-order valence-electron chi connectivity index (χ4n) is 0. The first-order valence-corrected chi connectivity index (χ1v) is 0.655. The van der Waals surface area contributed by atoms with Gasteiger partial charge in [-0.2, -0.15) is 0 Å². The van der Waals surface area contributed by atoms with Crippen LogP contribution in [0.1, 0.15) is 2.85 Å². The second-order valence-electron chi connectivity index (χ2n) is 0.247. The molecule has 0 atom stereocenters. The summed E-state index contributed by atoms with van der Waals surface area (Å²) in [4.78, 5) is 0. The van der Waals surface area contributed by atoms with E-state index in [0.29, 0.717) is 0 Å². The largest absolute Gasteiger partial charge is 2.00 e. The standard InChI is InChI=1S/BF3.Sr.2H/c2-1(3)4;;;/q;+2;2*-1. The minimum atomic E-state index is -3.67. The van der Waals surface area contributed by atoms with Crippen LogP contribution >= 0.6 is 0 Å². The Hall–Kier alpha value is 1.34. The summed E-state index contributed by atoms with van der Waals surface area (Å²) in [6, 6.07) is 0. The molecule has 0 saturated carbocycles. The summed E-state index contributed by atoms with van der Waals surface area (Å²) < 4.78 is 29.0. The zero-order chi connectivity index (χ0) is 3.58. The van der Waals surface area contributed by atoms with Crippen LogP contribution in [0.15, 0.2) is 0 Å². The molecule has 0 aliphatic carbocycles. The van der Waals surface area contributed by atoms with Gasteiger partial charge in [-0.3, -0.25) is 12.9 Å². The van der Waals surface area contributed by atoms with Crippen LogP contribution < -0.4 is 0 Å². The predicted molar refractivity (Wildman–Crippen MR) is 17.1 cm³/mol. The molecule has 0 aromatic heterocycles. The van der Waals surface area contributed by atoms with E-state index in [0.717, 1.165) is 0 Å². The number of hydrogen-bond acceptors (Lipinski definition) is 0. The second-order valence-corrected chi connectivity index (χ2v) is 0.247. The van der Waals surface area contributed by atoms with Gasteiger partial charge in [0, 0.05) is 0 Å². The Labute approximate surface area is 68.2 Å². The summed E-state index contributed by atoms with van der Waals surface area (Å²) in [5, 5.41) is 0. The Kier molecular flexibility index (Phi) is 10.2. The van der Waals surface area contributed by atoms with E-state index in [1.54, 1.807) is 0 Å². The van der Waals surface area contributed by atoms with Crippen LogP contribution in [0.4, 0.5) is 12.9 Å². The first-order chi connectivity index (χ1) is 1.73. The Morgan fingerprint density at radius 2 is 1.20 bits per heavy atom. The Balaban J connectivity index is -0.0000000150. The molecular formula is H2BF3Sr. The number of hydrogen-bond donors (Lipinski definition) is 0. The molecule has 0 N–H and O–H groups in total. The van der Waals surface area contributed by atoms with Crippen molar-refractivity contribution < 1.29 is 15.8 Å². The van der Waals surface area contributed by atoms with Gasteiger partial charge < -0.3 is 2.85 Å². The maximum atomic E-state index is 9.67. The SMILES string of the molecule is FB(F)F.[H-].[H-].[Sr+2]. The van der Waals surface area contributed by atoms with Crippen molar-refractivity contribution in [3.05, 3.63) is 0 Å². The zero-order valence-electron chi connectivity index (χ0n) is 4.42. The molecule has 0 aliphatic rings. The van der Waals surface area contributed by atoms with Gasteiger partial charge in [0.1, 0.15) is 0 Å². The van der Waals surface area contributed by atoms with Gasteiger partial charge in [-0.1, -0.05) is 0 Å². The van der Waals surface area contributed by atoms with Gasteiger partial charge in [-0.15, -0.1) is 0 Å². The average Bonchev–Trinajstić information content (AvgIpc) is 0.811. The van der Waals surface area contributed by atoms with Crippen molar-refractivity contribution >= 4 is 53.0 Å². The van der Waals surface area contributed by atoms with E-state index in [-0.39, 0.29) is 48.3 Å². The fraction of sp³-hybridized carbons (Fsp3) is 0. The first kappa shape index (κ1) is 9.60. The van der Waals surface area contributed by atoms with Crippen LogP contribution in [0.3, 0.4) is 0 Å². The molecule has 0 spiro atoms. The van der Waals surface area contributed by atoms with E-state index in [1.165, 1.54) is 0 Å². The molecule has 0 nitrogen and oxygen atoms in total. The molecule has 28 valence electrons. The summed E-state index contributed by atoms with van der Waals surface area (Å²) in [5.41, 5.74) is 0. The van der Waals surface area contributed by atoms with E-state index in [2.05, 4.69) is 0 Å². The van der Waals surface area contributed by atoms with E-state index in [4.69, 9.17) is 0 Å². The maximum Gasteiger partial charge on any atom is 2.00 e. The van der Waals surface area contributed by atoms with Crippen LogP contribution in [0, 0.1) is 0 Å². The third-order valence-electron chi connectivity index (χ3n) is 0. The molecule has 0 unspecified atom stereocenters. The molecule has 0 rings (SSSR count). The minimum Gasteiger partial charge on any atom is -1.00 e. The van der Waals surface area contributed by atoms with Crippen molar-refractivity contribution in [1.29, 1.82) is 0 Å². The number of halogens is 3. The molecule has 0 bridgehead atoms. The maximum absolute atomic E-state index is 9.67. The van der Waals surface area contributed by atoms with Crippen molar-refractivity contribution in [2.24, 2.45) is 0 Å². The minimum absolute atomic E-state index is 0. The molecule has 0 heterocycles. The van der Waals surface area contributed by atoms with E-state index < -0.39 is 7.54 Å². The molecule has 5 heavy (non-hydrogen) atoms. The van der Waals surface area contributed by atoms with E-state index in [1.807, 2.05) is 0 Å². The monoisotopic (exact) mass is 158 g/mol. The molecule has 0 fully saturated rings. The van der Waals surface area contributed by atoms with Gasteiger partial charge in [0.15, 0.2) is 0 Å². The van der Waals surface area contributed by atoms with Crippen molar-refractivity contribution in [3.63, 3.8) is 0 Å². The molecule has 0 aromatic carbocycles. The second kappa shape index (κ2) is 5.34. The van der Waals surface area contributed by atoms with Gasteiger partial charge in [0.2, 0.25) is 0 Å². The molecule has 5 heteroatoms. The Morgan fingerprint density at radius 1 is 1.20 bits per heavy atom. The van der Waals surface area contributed by atoms with Crippen LogP contribution in [0.25, 0.3) is 0 Å². The third-order valence-corrected chi connectivity index (χ3v) is 0. The van der Waals surface area contributed by atoms with Gasteiger partial charge in [0.25, 0.3) is 0 Å². The molecule has 0 aliphatic heterocycles. The quantitative estimate of drug-likeness (QED) is 0.455. The summed E-state index contributed by atoms with van der Waals surface area (Å²) in [7, 11) is -3.67. The van der Waals surface area contributed by atoms with Crippen LogP contribution in [-0.4, -0.2) is 53.0 Å². The average molecular weight is 157 g/mol. The summed E-state index contributed by atoms with van der Waals surface area (Å²) in [6.45, 7) is 0. The number of rotatable bonds is 0. The summed E-state index contributed by atoms with van der Waals surface area (Å²) in [6.07, 6.45) is 0. The van der Waals surface area contributed by atoms with Crippen LogP contribution in [0.5, 0.6) is 0 Å². The van der Waals surface area contributed by atoms with Gasteiger partial charge in [-0.25, -0.2) is 0 Å². The van der Waals surface area contributed by atoms with Gasteiger partial charge in [-0.05, 0) is 0 Å². The van der Waals surface area contributed by atoms with Gasteiger partial charge in [0.05, 0.1) is 0 Å². The van der Waals surface area contributed by atoms with Crippen molar-refractivity contribution in [2.45, 2.75) is 0 Å². The van der Waals surface area contributed by atoms with Crippen molar-refractivity contribution in [3.8, 4) is 0 Å². The third kappa shape index (κ3) is 33.3. The Bertz CT molecular complexity index is 17.7. The van der Waals surface area contributed by atoms with E-state index in [9.17, 15) is 12.9 Å². The van der Waals surface area contributed by atoms with Crippen molar-refractivity contribution in [2.75, 3.05) is 0 Å². The topological polar surface area (TPSA) is 0 Å². The van der Waals surface area contributed by atoms with Crippen molar-refractivity contribution in [1.82, 2.24) is 0 Å². The summed E-state index contributed by atoms with van der Waals surface area (Å²) >= 11 is 0. The Morgan fingerprint density at radius 3 is 1.20 bits per heavy atom. The van der Waals surface area contributed by atoms with Gasteiger partial charge >= 0.3 is 53.0 Å². The zero-order valence-corrected chi connectivity index (χ0v) is 5.89.